The zero-order valence-electron chi connectivity index (χ0n) is 15.1. The van der Waals surface area contributed by atoms with Crippen LogP contribution in [0.2, 0.25) is 0 Å². The first-order chi connectivity index (χ1) is 11.8. The Bertz CT molecular complexity index is 737. The van der Waals surface area contributed by atoms with Crippen LogP contribution < -0.4 is 10.6 Å². The lowest BCUT2D eigenvalue weighted by Crippen LogP contribution is -2.49. The van der Waals surface area contributed by atoms with Crippen molar-refractivity contribution in [2.45, 2.75) is 57.9 Å². The summed E-state index contributed by atoms with van der Waals surface area (Å²) in [6, 6.07) is 9.38. The summed E-state index contributed by atoms with van der Waals surface area (Å²) < 4.78 is 11.5. The Balaban J connectivity index is 1.54. The predicted molar refractivity (Wildman–Crippen MR) is 95.0 cm³/mol. The molecule has 2 heterocycles. The first-order valence-corrected chi connectivity index (χ1v) is 8.50. The summed E-state index contributed by atoms with van der Waals surface area (Å²) in [7, 11) is 0. The van der Waals surface area contributed by atoms with Gasteiger partial charge in [0.05, 0.1) is 29.5 Å². The number of carbonyl (C=O) groups is 1. The molecule has 25 heavy (non-hydrogen) atoms. The number of oxazole rings is 1. The summed E-state index contributed by atoms with van der Waals surface area (Å²) in [6.07, 6.45) is 2.34. The maximum absolute atomic E-state index is 12.2. The topological polar surface area (TPSA) is 76.4 Å². The third-order valence-corrected chi connectivity index (χ3v) is 4.38. The molecule has 6 heteroatoms. The van der Waals surface area contributed by atoms with Gasteiger partial charge < -0.3 is 19.8 Å². The van der Waals surface area contributed by atoms with Crippen LogP contribution in [0, 0.1) is 0 Å². The van der Waals surface area contributed by atoms with Crippen LogP contribution in [0.1, 0.15) is 39.8 Å². The fourth-order valence-corrected chi connectivity index (χ4v) is 3.27. The van der Waals surface area contributed by atoms with Crippen molar-refractivity contribution in [3.63, 3.8) is 0 Å². The van der Waals surface area contributed by atoms with Crippen LogP contribution in [0.4, 0.5) is 4.79 Å². The molecule has 0 saturated carbocycles. The van der Waals surface area contributed by atoms with Crippen LogP contribution >= 0.6 is 0 Å². The first kappa shape index (κ1) is 17.5. The average molecular weight is 343 g/mol. The highest BCUT2D eigenvalue weighted by molar-refractivity contribution is 5.74. The Morgan fingerprint density at radius 3 is 2.60 bits per heavy atom. The van der Waals surface area contributed by atoms with E-state index in [1.54, 1.807) is 6.26 Å². The molecule has 0 spiro atoms. The van der Waals surface area contributed by atoms with Crippen LogP contribution in [0.25, 0.3) is 11.5 Å². The Labute approximate surface area is 148 Å². The van der Waals surface area contributed by atoms with Gasteiger partial charge in [0.15, 0.2) is 0 Å². The number of carbonyl (C=O) groups excluding carboxylic acids is 1. The van der Waals surface area contributed by atoms with Crippen molar-refractivity contribution in [3.05, 3.63) is 42.3 Å². The molecule has 1 atom stereocenters. The minimum Gasteiger partial charge on any atom is -0.444 e. The van der Waals surface area contributed by atoms with Gasteiger partial charge >= 0.3 is 6.03 Å². The molecule has 6 nitrogen and oxygen atoms in total. The van der Waals surface area contributed by atoms with Crippen molar-refractivity contribution < 1.29 is 13.9 Å². The summed E-state index contributed by atoms with van der Waals surface area (Å²) in [6.45, 7) is 8.37. The monoisotopic (exact) mass is 343 g/mol. The van der Waals surface area contributed by atoms with Crippen LogP contribution in [0.15, 0.2) is 41.0 Å². The number of hydrogen-bond acceptors (Lipinski definition) is 4. The summed E-state index contributed by atoms with van der Waals surface area (Å²) in [5.41, 5.74) is 0.953. The largest absolute Gasteiger partial charge is 0.444 e. The smallest absolute Gasteiger partial charge is 0.315 e. The van der Waals surface area contributed by atoms with Gasteiger partial charge in [0, 0.05) is 5.56 Å². The zero-order chi connectivity index (χ0) is 18.1. The molecule has 134 valence electrons. The summed E-state index contributed by atoms with van der Waals surface area (Å²) in [5, 5.41) is 5.83. The molecular formula is C19H25N3O3. The number of nitrogens with one attached hydrogen (secondary N) is 2. The van der Waals surface area contributed by atoms with E-state index in [-0.39, 0.29) is 17.7 Å². The molecule has 0 aliphatic carbocycles. The fraction of sp³-hybridized carbons (Fsp3) is 0.474. The lowest BCUT2D eigenvalue weighted by Gasteiger charge is -2.27. The van der Waals surface area contributed by atoms with Crippen molar-refractivity contribution >= 4 is 6.03 Å². The molecule has 1 fully saturated rings. The molecule has 2 N–H and O–H groups in total. The molecule has 1 saturated heterocycles. The molecule has 3 rings (SSSR count). The molecule has 1 unspecified atom stereocenters. The van der Waals surface area contributed by atoms with E-state index in [0.717, 1.165) is 12.0 Å². The molecule has 2 aromatic rings. The molecule has 2 amide bonds. The van der Waals surface area contributed by atoms with E-state index in [9.17, 15) is 4.79 Å². The van der Waals surface area contributed by atoms with Gasteiger partial charge in [-0.05, 0) is 46.2 Å². The molecule has 0 bridgehead atoms. The van der Waals surface area contributed by atoms with Crippen LogP contribution in [0.5, 0.6) is 0 Å². The Hall–Kier alpha value is -2.34. The summed E-state index contributed by atoms with van der Waals surface area (Å²) in [4.78, 5) is 16.6. The molecule has 1 aromatic carbocycles. The summed E-state index contributed by atoms with van der Waals surface area (Å²) >= 11 is 0. The number of benzene rings is 1. The summed E-state index contributed by atoms with van der Waals surface area (Å²) in [5.74, 6) is 0.546. The van der Waals surface area contributed by atoms with Gasteiger partial charge in [-0.1, -0.05) is 18.2 Å². The van der Waals surface area contributed by atoms with E-state index in [1.807, 2.05) is 58.0 Å². The normalized spacial score (nSPS) is 21.0. The highest BCUT2D eigenvalue weighted by Crippen LogP contribution is 2.37. The highest BCUT2D eigenvalue weighted by atomic mass is 16.5. The quantitative estimate of drug-likeness (QED) is 0.891. The fourth-order valence-electron chi connectivity index (χ4n) is 3.27. The number of aromatic nitrogens is 1. The van der Waals surface area contributed by atoms with Gasteiger partial charge in [0.2, 0.25) is 5.89 Å². The van der Waals surface area contributed by atoms with Gasteiger partial charge in [-0.2, -0.15) is 0 Å². The van der Waals surface area contributed by atoms with Crippen molar-refractivity contribution in [2.75, 3.05) is 0 Å². The Kier molecular flexibility index (Phi) is 4.56. The van der Waals surface area contributed by atoms with Gasteiger partial charge in [0.1, 0.15) is 6.26 Å². The third-order valence-electron chi connectivity index (χ3n) is 4.38. The van der Waals surface area contributed by atoms with Gasteiger partial charge in [0.25, 0.3) is 0 Å². The maximum Gasteiger partial charge on any atom is 0.315 e. The Morgan fingerprint density at radius 2 is 1.96 bits per heavy atom. The van der Waals surface area contributed by atoms with Crippen LogP contribution in [-0.4, -0.2) is 28.3 Å². The molecular weight excluding hydrogens is 318 g/mol. The molecule has 0 radical (unpaired) electrons. The van der Waals surface area contributed by atoms with E-state index in [4.69, 9.17) is 9.15 Å². The SMILES string of the molecule is CC1(C)CC(NC(=O)NCc2coc(-c3ccccc3)n2)C(C)(C)O1. The second kappa shape index (κ2) is 6.52. The van der Waals surface area contributed by atoms with E-state index in [1.165, 1.54) is 0 Å². The average Bonchev–Trinajstić information content (AvgIpc) is 3.08. The van der Waals surface area contributed by atoms with E-state index < -0.39 is 5.60 Å². The van der Waals surface area contributed by atoms with Crippen molar-refractivity contribution in [1.82, 2.24) is 15.6 Å². The lowest BCUT2D eigenvalue weighted by molar-refractivity contribution is -0.0690. The van der Waals surface area contributed by atoms with E-state index >= 15 is 0 Å². The van der Waals surface area contributed by atoms with E-state index in [0.29, 0.717) is 18.1 Å². The third kappa shape index (κ3) is 4.20. The van der Waals surface area contributed by atoms with E-state index in [2.05, 4.69) is 15.6 Å². The Morgan fingerprint density at radius 1 is 1.24 bits per heavy atom. The minimum absolute atomic E-state index is 0.0420. The van der Waals surface area contributed by atoms with Crippen molar-refractivity contribution in [2.24, 2.45) is 0 Å². The lowest BCUT2D eigenvalue weighted by atomic mass is 9.95. The number of urea groups is 1. The van der Waals surface area contributed by atoms with Gasteiger partial charge in [-0.25, -0.2) is 9.78 Å². The predicted octanol–water partition coefficient (Wildman–Crippen LogP) is 3.49. The molecule has 1 aliphatic heterocycles. The first-order valence-electron chi connectivity index (χ1n) is 8.50. The molecule has 1 aromatic heterocycles. The van der Waals surface area contributed by atoms with Crippen molar-refractivity contribution in [1.29, 1.82) is 0 Å². The number of hydrogen-bond donors (Lipinski definition) is 2. The number of amides is 2. The second-order valence-corrected chi connectivity index (χ2v) is 7.56. The van der Waals surface area contributed by atoms with Gasteiger partial charge in [-0.15, -0.1) is 0 Å². The highest BCUT2D eigenvalue weighted by Gasteiger charge is 2.46. The standard InChI is InChI=1S/C19H25N3O3/c1-18(2)10-15(19(3,4)25-18)22-17(23)20-11-14-12-24-16(21-14)13-8-6-5-7-9-13/h5-9,12,15H,10-11H2,1-4H3,(H2,20,22,23). The number of rotatable bonds is 4. The maximum atomic E-state index is 12.2. The second-order valence-electron chi connectivity index (χ2n) is 7.56. The van der Waals surface area contributed by atoms with Gasteiger partial charge in [-0.3, -0.25) is 0 Å². The zero-order valence-corrected chi connectivity index (χ0v) is 15.1. The van der Waals surface area contributed by atoms with Crippen LogP contribution in [-0.2, 0) is 11.3 Å². The van der Waals surface area contributed by atoms with Crippen molar-refractivity contribution in [3.8, 4) is 11.5 Å². The number of ether oxygens (including phenoxy) is 1. The van der Waals surface area contributed by atoms with Crippen LogP contribution in [0.3, 0.4) is 0 Å². The number of nitrogens with zero attached hydrogens (tertiary/aromatic N) is 1. The minimum atomic E-state index is -0.394. The molecule has 1 aliphatic rings.